The molecule has 0 amide bonds. The van der Waals surface area contributed by atoms with Gasteiger partial charge in [0.15, 0.2) is 11.5 Å². The van der Waals surface area contributed by atoms with Gasteiger partial charge in [-0.15, -0.1) is 12.6 Å². The van der Waals surface area contributed by atoms with Crippen molar-refractivity contribution in [2.45, 2.75) is 0 Å². The van der Waals surface area contributed by atoms with Crippen molar-refractivity contribution in [3.63, 3.8) is 0 Å². The highest BCUT2D eigenvalue weighted by atomic mass is 79.9. The Morgan fingerprint density at radius 3 is 2.35 bits per heavy atom. The van der Waals surface area contributed by atoms with E-state index >= 15 is 0 Å². The molecule has 0 aromatic heterocycles. The van der Waals surface area contributed by atoms with Gasteiger partial charge in [-0.25, -0.2) is 4.79 Å². The van der Waals surface area contributed by atoms with Crippen LogP contribution in [-0.4, -0.2) is 25.3 Å². The Hall–Kier alpha value is -1.14. The van der Waals surface area contributed by atoms with E-state index < -0.39 is 5.97 Å². The van der Waals surface area contributed by atoms with Crippen molar-refractivity contribution < 1.29 is 19.4 Å². The zero-order valence-corrected chi connectivity index (χ0v) is 11.7. The maximum absolute atomic E-state index is 10.7. The van der Waals surface area contributed by atoms with E-state index in [1.807, 2.05) is 0 Å². The van der Waals surface area contributed by atoms with Gasteiger partial charge in [-0.2, -0.15) is 0 Å². The van der Waals surface area contributed by atoms with Crippen molar-refractivity contribution in [3.8, 4) is 11.5 Å². The Labute approximate surface area is 113 Å². The Bertz CT molecular complexity index is 471. The lowest BCUT2D eigenvalue weighted by Gasteiger charge is -2.10. The molecule has 6 heteroatoms. The molecular weight excluding hydrogens is 308 g/mol. The van der Waals surface area contributed by atoms with Crippen molar-refractivity contribution in [3.05, 3.63) is 27.1 Å². The highest BCUT2D eigenvalue weighted by molar-refractivity contribution is 9.10. The average molecular weight is 319 g/mol. The van der Waals surface area contributed by atoms with Crippen molar-refractivity contribution in [1.82, 2.24) is 0 Å². The van der Waals surface area contributed by atoms with E-state index in [1.54, 1.807) is 12.1 Å². The Balaban J connectivity index is 3.26. The molecule has 0 unspecified atom stereocenters. The van der Waals surface area contributed by atoms with Gasteiger partial charge in [-0.1, -0.05) is 15.9 Å². The summed E-state index contributed by atoms with van der Waals surface area (Å²) in [4.78, 5) is 10.6. The summed E-state index contributed by atoms with van der Waals surface area (Å²) in [7, 11) is 3.04. The number of methoxy groups -OCH3 is 2. The molecule has 0 bridgehead atoms. The SMILES string of the molecule is COc1cc(Br)c(/C=C(/S)C(=O)O)cc1OC. The number of hydrogen-bond acceptors (Lipinski definition) is 4. The first-order valence-electron chi connectivity index (χ1n) is 4.55. The molecule has 0 spiro atoms. The summed E-state index contributed by atoms with van der Waals surface area (Å²) in [5.41, 5.74) is 0.648. The number of carboxylic acids is 1. The van der Waals surface area contributed by atoms with Crippen LogP contribution in [0, 0.1) is 0 Å². The van der Waals surface area contributed by atoms with Crippen LogP contribution in [0.5, 0.6) is 11.5 Å². The molecular formula is C11H11BrO4S. The summed E-state index contributed by atoms with van der Waals surface area (Å²) in [6, 6.07) is 3.37. The molecule has 1 aromatic rings. The van der Waals surface area contributed by atoms with Crippen LogP contribution < -0.4 is 9.47 Å². The van der Waals surface area contributed by atoms with E-state index in [0.717, 1.165) is 0 Å². The Kier molecular flexibility index (Phi) is 4.89. The fraction of sp³-hybridized carbons (Fsp3) is 0.182. The number of benzene rings is 1. The molecule has 1 aromatic carbocycles. The van der Waals surface area contributed by atoms with Gasteiger partial charge in [0.1, 0.15) is 0 Å². The van der Waals surface area contributed by atoms with Crippen LogP contribution in [0.15, 0.2) is 21.5 Å². The quantitative estimate of drug-likeness (QED) is 0.662. The number of rotatable bonds is 4. The Morgan fingerprint density at radius 2 is 1.88 bits per heavy atom. The van der Waals surface area contributed by atoms with Gasteiger partial charge in [0.25, 0.3) is 0 Å². The third kappa shape index (κ3) is 3.41. The summed E-state index contributed by atoms with van der Waals surface area (Å²) >= 11 is 7.19. The minimum Gasteiger partial charge on any atom is -0.493 e. The van der Waals surface area contributed by atoms with Gasteiger partial charge < -0.3 is 14.6 Å². The van der Waals surface area contributed by atoms with Gasteiger partial charge >= 0.3 is 5.97 Å². The van der Waals surface area contributed by atoms with Crippen LogP contribution in [0.3, 0.4) is 0 Å². The summed E-state index contributed by atoms with van der Waals surface area (Å²) < 4.78 is 10.9. The second kappa shape index (κ2) is 5.97. The lowest BCUT2D eigenvalue weighted by atomic mass is 10.2. The summed E-state index contributed by atoms with van der Waals surface area (Å²) in [6.07, 6.45) is 1.43. The normalized spacial score (nSPS) is 11.2. The lowest BCUT2D eigenvalue weighted by Crippen LogP contribution is -1.95. The summed E-state index contributed by atoms with van der Waals surface area (Å²) in [5, 5.41) is 8.75. The molecule has 0 atom stereocenters. The fourth-order valence-corrected chi connectivity index (χ4v) is 1.77. The van der Waals surface area contributed by atoms with E-state index in [9.17, 15) is 4.79 Å². The van der Waals surface area contributed by atoms with E-state index in [-0.39, 0.29) is 4.91 Å². The van der Waals surface area contributed by atoms with E-state index in [1.165, 1.54) is 20.3 Å². The number of carbonyl (C=O) groups is 1. The maximum Gasteiger partial charge on any atom is 0.341 e. The number of ether oxygens (including phenoxy) is 2. The van der Waals surface area contributed by atoms with Gasteiger partial charge in [0, 0.05) is 4.47 Å². The number of aliphatic carboxylic acids is 1. The largest absolute Gasteiger partial charge is 0.493 e. The standard InChI is InChI=1S/C11H11BrO4S/c1-15-8-3-6(4-10(17)11(13)14)7(12)5-9(8)16-2/h3-5,17H,1-2H3,(H,13,14)/b10-4+. The number of halogens is 1. The molecule has 0 aliphatic heterocycles. The summed E-state index contributed by atoms with van der Waals surface area (Å²) in [6.45, 7) is 0. The fourth-order valence-electron chi connectivity index (χ4n) is 1.19. The monoisotopic (exact) mass is 318 g/mol. The highest BCUT2D eigenvalue weighted by Gasteiger charge is 2.10. The molecule has 0 saturated heterocycles. The smallest absolute Gasteiger partial charge is 0.341 e. The molecule has 4 nitrogen and oxygen atoms in total. The number of carboxylic acid groups (broad SMARTS) is 1. The third-order valence-electron chi connectivity index (χ3n) is 2.01. The molecule has 92 valence electrons. The third-order valence-corrected chi connectivity index (χ3v) is 3.02. The van der Waals surface area contributed by atoms with Crippen LogP contribution in [0.2, 0.25) is 0 Å². The van der Waals surface area contributed by atoms with Crippen LogP contribution >= 0.6 is 28.6 Å². The second-order valence-corrected chi connectivity index (χ2v) is 4.40. The van der Waals surface area contributed by atoms with Crippen molar-refractivity contribution in [2.75, 3.05) is 14.2 Å². The molecule has 0 aliphatic carbocycles. The first-order valence-corrected chi connectivity index (χ1v) is 5.79. The van der Waals surface area contributed by atoms with Crippen LogP contribution in [0.1, 0.15) is 5.56 Å². The molecule has 0 heterocycles. The van der Waals surface area contributed by atoms with Crippen molar-refractivity contribution >= 4 is 40.6 Å². The zero-order chi connectivity index (χ0) is 13.0. The molecule has 0 radical (unpaired) electrons. The zero-order valence-electron chi connectivity index (χ0n) is 9.23. The number of hydrogen-bond donors (Lipinski definition) is 2. The van der Waals surface area contributed by atoms with E-state index in [2.05, 4.69) is 28.6 Å². The predicted molar refractivity (Wildman–Crippen MR) is 71.8 cm³/mol. The van der Waals surface area contributed by atoms with Crippen molar-refractivity contribution in [1.29, 1.82) is 0 Å². The molecule has 1 rings (SSSR count). The molecule has 0 aliphatic rings. The van der Waals surface area contributed by atoms with Crippen LogP contribution in [-0.2, 0) is 4.79 Å². The van der Waals surface area contributed by atoms with E-state index in [0.29, 0.717) is 21.5 Å². The summed E-state index contributed by atoms with van der Waals surface area (Å²) in [5.74, 6) is -0.00365. The van der Waals surface area contributed by atoms with Gasteiger partial charge in [-0.05, 0) is 23.8 Å². The van der Waals surface area contributed by atoms with Crippen LogP contribution in [0.25, 0.3) is 6.08 Å². The lowest BCUT2D eigenvalue weighted by molar-refractivity contribution is -0.131. The topological polar surface area (TPSA) is 55.8 Å². The second-order valence-electron chi connectivity index (χ2n) is 3.06. The first-order chi connectivity index (χ1) is 7.99. The van der Waals surface area contributed by atoms with Gasteiger partial charge in [0.2, 0.25) is 0 Å². The predicted octanol–water partition coefficient (Wildman–Crippen LogP) is 2.82. The molecule has 0 saturated carbocycles. The molecule has 0 fully saturated rings. The highest BCUT2D eigenvalue weighted by Crippen LogP contribution is 2.34. The molecule has 1 N–H and O–H groups in total. The number of thiol groups is 1. The van der Waals surface area contributed by atoms with Gasteiger partial charge in [-0.3, -0.25) is 0 Å². The van der Waals surface area contributed by atoms with Crippen LogP contribution in [0.4, 0.5) is 0 Å². The first kappa shape index (κ1) is 13.9. The maximum atomic E-state index is 10.7. The minimum atomic E-state index is -1.09. The minimum absolute atomic E-state index is 0.0575. The van der Waals surface area contributed by atoms with E-state index in [4.69, 9.17) is 14.6 Å². The molecule has 17 heavy (non-hydrogen) atoms. The van der Waals surface area contributed by atoms with Crippen molar-refractivity contribution in [2.24, 2.45) is 0 Å². The average Bonchev–Trinajstić information content (AvgIpc) is 2.30. The Morgan fingerprint density at radius 1 is 1.35 bits per heavy atom. The van der Waals surface area contributed by atoms with Gasteiger partial charge in [0.05, 0.1) is 19.1 Å².